The Bertz CT molecular complexity index is 666. The molecule has 0 bridgehead atoms. The predicted octanol–water partition coefficient (Wildman–Crippen LogP) is 2.12. The number of nitrogens with zero attached hydrogens (tertiary/aromatic N) is 2. The summed E-state index contributed by atoms with van der Waals surface area (Å²) in [5, 5.41) is 9.82. The van der Waals surface area contributed by atoms with Gasteiger partial charge in [0, 0.05) is 45.2 Å². The van der Waals surface area contributed by atoms with E-state index in [2.05, 4.69) is 31.9 Å². The summed E-state index contributed by atoms with van der Waals surface area (Å²) >= 11 is 0. The number of rotatable bonds is 8. The molecule has 1 saturated carbocycles. The molecule has 7 nitrogen and oxygen atoms in total. The van der Waals surface area contributed by atoms with E-state index < -0.39 is 0 Å². The molecule has 1 aromatic rings. The highest BCUT2D eigenvalue weighted by Crippen LogP contribution is 2.30. The molecule has 0 radical (unpaired) electrons. The maximum atomic E-state index is 11.7. The van der Waals surface area contributed by atoms with Crippen molar-refractivity contribution < 1.29 is 9.53 Å². The van der Waals surface area contributed by atoms with E-state index in [4.69, 9.17) is 4.74 Å². The van der Waals surface area contributed by atoms with E-state index in [0.29, 0.717) is 18.5 Å². The maximum Gasteiger partial charge on any atom is 0.220 e. The molecule has 3 rings (SSSR count). The number of halogens is 1. The second-order valence-corrected chi connectivity index (χ2v) is 7.19. The van der Waals surface area contributed by atoms with Crippen LogP contribution in [0.25, 0.3) is 0 Å². The number of benzene rings is 1. The minimum atomic E-state index is 0. The first-order valence-corrected chi connectivity index (χ1v) is 9.84. The third-order valence-electron chi connectivity index (χ3n) is 4.99. The summed E-state index contributed by atoms with van der Waals surface area (Å²) < 4.78 is 5.48. The highest BCUT2D eigenvalue weighted by molar-refractivity contribution is 14.0. The average molecular weight is 501 g/mol. The van der Waals surface area contributed by atoms with E-state index in [1.165, 1.54) is 0 Å². The van der Waals surface area contributed by atoms with Crippen LogP contribution in [0.3, 0.4) is 0 Å². The molecule has 8 heteroatoms. The maximum absolute atomic E-state index is 11.7. The van der Waals surface area contributed by atoms with Crippen LogP contribution < -0.4 is 25.6 Å². The van der Waals surface area contributed by atoms with E-state index in [9.17, 15) is 4.79 Å². The Hall–Kier alpha value is -1.71. The van der Waals surface area contributed by atoms with Crippen molar-refractivity contribution in [1.29, 1.82) is 0 Å². The lowest BCUT2D eigenvalue weighted by Crippen LogP contribution is -2.45. The van der Waals surface area contributed by atoms with Crippen molar-refractivity contribution in [2.45, 2.75) is 44.2 Å². The molecule has 28 heavy (non-hydrogen) atoms. The van der Waals surface area contributed by atoms with Crippen LogP contribution in [0.5, 0.6) is 5.75 Å². The van der Waals surface area contributed by atoms with Gasteiger partial charge in [0.2, 0.25) is 5.91 Å². The van der Waals surface area contributed by atoms with Gasteiger partial charge in [0.25, 0.3) is 0 Å². The second kappa shape index (κ2) is 11.3. The molecule has 0 aromatic heterocycles. The van der Waals surface area contributed by atoms with E-state index in [0.717, 1.165) is 62.7 Å². The van der Waals surface area contributed by atoms with E-state index in [-0.39, 0.29) is 29.9 Å². The van der Waals surface area contributed by atoms with Crippen LogP contribution in [0.4, 0.5) is 5.69 Å². The smallest absolute Gasteiger partial charge is 0.220 e. The Balaban J connectivity index is 0.00000280. The van der Waals surface area contributed by atoms with Crippen molar-refractivity contribution in [3.05, 3.63) is 24.3 Å². The number of carbonyl (C=O) groups excluding carboxylic acids is 1. The van der Waals surface area contributed by atoms with E-state index in [1.54, 1.807) is 14.2 Å². The molecule has 1 atom stereocenters. The number of anilines is 1. The van der Waals surface area contributed by atoms with Gasteiger partial charge in [0.15, 0.2) is 5.96 Å². The summed E-state index contributed by atoms with van der Waals surface area (Å²) in [5.41, 5.74) is 1.13. The van der Waals surface area contributed by atoms with Gasteiger partial charge in [-0.1, -0.05) is 12.1 Å². The first-order chi connectivity index (χ1) is 13.2. The Kier molecular flexibility index (Phi) is 9.14. The first kappa shape index (κ1) is 22.6. The minimum absolute atomic E-state index is 0. The lowest BCUT2D eigenvalue weighted by molar-refractivity contribution is -0.121. The van der Waals surface area contributed by atoms with Crippen molar-refractivity contribution >= 4 is 41.5 Å². The van der Waals surface area contributed by atoms with Gasteiger partial charge in [-0.05, 0) is 37.8 Å². The van der Waals surface area contributed by atoms with Crippen molar-refractivity contribution in [2.75, 3.05) is 38.7 Å². The third kappa shape index (κ3) is 6.72. The van der Waals surface area contributed by atoms with Crippen molar-refractivity contribution in [3.63, 3.8) is 0 Å². The van der Waals surface area contributed by atoms with Gasteiger partial charge >= 0.3 is 0 Å². The zero-order chi connectivity index (χ0) is 19.1. The Morgan fingerprint density at radius 1 is 1.21 bits per heavy atom. The van der Waals surface area contributed by atoms with Gasteiger partial charge in [-0.2, -0.15) is 0 Å². The van der Waals surface area contributed by atoms with Crippen LogP contribution in [0.1, 0.15) is 32.1 Å². The monoisotopic (exact) mass is 501 g/mol. The first-order valence-electron chi connectivity index (χ1n) is 9.84. The number of ether oxygens (including phenoxy) is 1. The summed E-state index contributed by atoms with van der Waals surface area (Å²) in [4.78, 5) is 18.4. The average Bonchev–Trinajstić information content (AvgIpc) is 3.38. The SMILES string of the molecule is CN=C(NCCCC(=O)NC1CC1)NC1CCN(c2ccccc2OC)C1.I. The van der Waals surface area contributed by atoms with Crippen LogP contribution in [0.15, 0.2) is 29.3 Å². The van der Waals surface area contributed by atoms with Gasteiger partial charge in [0.1, 0.15) is 5.75 Å². The highest BCUT2D eigenvalue weighted by Gasteiger charge is 2.25. The number of aliphatic imine (C=N–C) groups is 1. The van der Waals surface area contributed by atoms with Gasteiger partial charge in [-0.3, -0.25) is 9.79 Å². The molecule has 1 aliphatic carbocycles. The molecule has 1 saturated heterocycles. The normalized spacial score (nSPS) is 19.0. The van der Waals surface area contributed by atoms with E-state index >= 15 is 0 Å². The quantitative estimate of drug-likeness (QED) is 0.220. The topological polar surface area (TPSA) is 78.0 Å². The molecular weight excluding hydrogens is 469 g/mol. The number of methoxy groups -OCH3 is 1. The highest BCUT2D eigenvalue weighted by atomic mass is 127. The van der Waals surface area contributed by atoms with Crippen LogP contribution in [-0.2, 0) is 4.79 Å². The molecule has 3 N–H and O–H groups in total. The summed E-state index contributed by atoms with van der Waals surface area (Å²) in [7, 11) is 3.49. The number of hydrogen-bond donors (Lipinski definition) is 3. The summed E-state index contributed by atoms with van der Waals surface area (Å²) in [6, 6.07) is 8.90. The van der Waals surface area contributed by atoms with Crippen LogP contribution in [0, 0.1) is 0 Å². The lowest BCUT2D eigenvalue weighted by atomic mass is 10.2. The largest absolute Gasteiger partial charge is 0.495 e. The third-order valence-corrected chi connectivity index (χ3v) is 4.99. The Morgan fingerprint density at radius 3 is 2.71 bits per heavy atom. The molecule has 1 unspecified atom stereocenters. The van der Waals surface area contributed by atoms with Crippen molar-refractivity contribution in [1.82, 2.24) is 16.0 Å². The summed E-state index contributed by atoms with van der Waals surface area (Å²) in [6.07, 6.45) is 4.67. The predicted molar refractivity (Wildman–Crippen MR) is 124 cm³/mol. The number of hydrogen-bond acceptors (Lipinski definition) is 4. The molecule has 156 valence electrons. The molecule has 1 heterocycles. The fourth-order valence-corrected chi connectivity index (χ4v) is 3.36. The molecule has 2 aliphatic rings. The van der Waals surface area contributed by atoms with Crippen molar-refractivity contribution in [2.24, 2.45) is 4.99 Å². The number of guanidine groups is 1. The lowest BCUT2D eigenvalue weighted by Gasteiger charge is -2.22. The zero-order valence-corrected chi connectivity index (χ0v) is 19.1. The summed E-state index contributed by atoms with van der Waals surface area (Å²) in [5.74, 6) is 1.86. The summed E-state index contributed by atoms with van der Waals surface area (Å²) in [6.45, 7) is 2.63. The number of amides is 1. The van der Waals surface area contributed by atoms with Gasteiger partial charge in [-0.25, -0.2) is 0 Å². The van der Waals surface area contributed by atoms with Gasteiger partial charge in [-0.15, -0.1) is 24.0 Å². The van der Waals surface area contributed by atoms with Crippen LogP contribution in [-0.4, -0.2) is 57.7 Å². The molecule has 2 fully saturated rings. The molecule has 1 amide bonds. The van der Waals surface area contributed by atoms with Crippen molar-refractivity contribution in [3.8, 4) is 5.75 Å². The second-order valence-electron chi connectivity index (χ2n) is 7.19. The molecule has 1 aromatic carbocycles. The van der Waals surface area contributed by atoms with Crippen LogP contribution in [0.2, 0.25) is 0 Å². The fraction of sp³-hybridized carbons (Fsp3) is 0.600. The van der Waals surface area contributed by atoms with Gasteiger partial charge < -0.3 is 25.6 Å². The number of nitrogens with one attached hydrogen (secondary N) is 3. The molecular formula is C20H32IN5O2. The van der Waals surface area contributed by atoms with E-state index in [1.807, 2.05) is 18.2 Å². The zero-order valence-electron chi connectivity index (χ0n) is 16.7. The number of carbonyl (C=O) groups is 1. The molecule has 0 spiro atoms. The number of para-hydroxylation sites is 2. The van der Waals surface area contributed by atoms with Crippen LogP contribution >= 0.6 is 24.0 Å². The standard InChI is InChI=1S/C20H31N5O2.HI/c1-21-20(22-12-5-8-19(26)23-15-9-10-15)24-16-11-13-25(14-16)17-6-3-4-7-18(17)27-2;/h3-4,6-7,15-16H,5,8-14H2,1-2H3,(H,23,26)(H2,21,22,24);1H. The fourth-order valence-electron chi connectivity index (χ4n) is 3.36. The minimum Gasteiger partial charge on any atom is -0.495 e. The Morgan fingerprint density at radius 2 is 2.00 bits per heavy atom. The molecule has 1 aliphatic heterocycles. The van der Waals surface area contributed by atoms with Gasteiger partial charge in [0.05, 0.1) is 12.8 Å². The Labute approximate surface area is 184 Å².